The highest BCUT2D eigenvalue weighted by atomic mass is 35.5. The Morgan fingerprint density at radius 3 is 2.96 bits per heavy atom. The molecule has 1 atom stereocenters. The minimum Gasteiger partial charge on any atom is -0.491 e. The van der Waals surface area contributed by atoms with Gasteiger partial charge in [-0.05, 0) is 51.6 Å². The predicted molar refractivity (Wildman–Crippen MR) is 92.3 cm³/mol. The topological polar surface area (TPSA) is 50.8 Å². The predicted octanol–water partition coefficient (Wildman–Crippen LogP) is 3.18. The van der Waals surface area contributed by atoms with Gasteiger partial charge in [-0.2, -0.15) is 0 Å². The van der Waals surface area contributed by atoms with Crippen LogP contribution in [0.2, 0.25) is 5.02 Å². The minimum atomic E-state index is -0.0159. The van der Waals surface area contributed by atoms with Gasteiger partial charge in [0.25, 0.3) is 0 Å². The molecule has 1 aliphatic rings. The normalized spacial score (nSPS) is 17.5. The zero-order valence-corrected chi connectivity index (χ0v) is 14.6. The number of hydrogen-bond donors (Lipinski definition) is 1. The summed E-state index contributed by atoms with van der Waals surface area (Å²) in [6.45, 7) is 2.20. The number of ether oxygens (including phenoxy) is 2. The first-order chi connectivity index (χ1) is 11.0. The van der Waals surface area contributed by atoms with Gasteiger partial charge in [0.1, 0.15) is 12.4 Å². The molecule has 0 bridgehead atoms. The fourth-order valence-electron chi connectivity index (χ4n) is 2.42. The molecular formula is C17H25ClN2O3. The van der Waals surface area contributed by atoms with Gasteiger partial charge in [-0.25, -0.2) is 0 Å². The number of rotatable bonds is 8. The summed E-state index contributed by atoms with van der Waals surface area (Å²) in [4.78, 5) is 14.0. The Kier molecular flexibility index (Phi) is 7.15. The molecule has 0 unspecified atom stereocenters. The van der Waals surface area contributed by atoms with Crippen LogP contribution in [-0.4, -0.2) is 50.8 Å². The molecule has 0 saturated carbocycles. The number of anilines is 1. The first-order valence-corrected chi connectivity index (χ1v) is 8.41. The summed E-state index contributed by atoms with van der Waals surface area (Å²) in [5.74, 6) is 0.615. The van der Waals surface area contributed by atoms with Crippen molar-refractivity contribution in [3.8, 4) is 5.75 Å². The average molecular weight is 341 g/mol. The number of carbonyl (C=O) groups is 1. The maximum absolute atomic E-state index is 12.0. The van der Waals surface area contributed by atoms with Crippen molar-refractivity contribution in [1.82, 2.24) is 4.90 Å². The second-order valence-electron chi connectivity index (χ2n) is 6.02. The molecule has 1 aromatic rings. The highest BCUT2D eigenvalue weighted by Gasteiger charge is 2.16. The molecular weight excluding hydrogens is 316 g/mol. The molecule has 1 N–H and O–H groups in total. The van der Waals surface area contributed by atoms with Crippen LogP contribution in [0.15, 0.2) is 18.2 Å². The number of amides is 1. The zero-order chi connectivity index (χ0) is 16.7. The maximum atomic E-state index is 12.0. The number of nitrogens with zero attached hydrogens (tertiary/aromatic N) is 1. The van der Waals surface area contributed by atoms with Crippen LogP contribution in [0.25, 0.3) is 0 Å². The molecule has 0 aliphatic carbocycles. The number of hydrogen-bond acceptors (Lipinski definition) is 4. The molecule has 5 nitrogen and oxygen atoms in total. The number of likely N-dealkylation sites (N-methyl/N-ethyl adjacent to an activating group) is 1. The van der Waals surface area contributed by atoms with Crippen molar-refractivity contribution in [2.24, 2.45) is 0 Å². The van der Waals surface area contributed by atoms with Crippen molar-refractivity contribution in [1.29, 1.82) is 0 Å². The van der Waals surface area contributed by atoms with Crippen LogP contribution in [0.1, 0.15) is 25.7 Å². The SMILES string of the molecule is CN(C)CCOc1ccc(NC(=O)CC[C@H]2CCCO2)cc1Cl. The third-order valence-electron chi connectivity index (χ3n) is 3.73. The number of benzene rings is 1. The van der Waals surface area contributed by atoms with E-state index in [0.717, 1.165) is 32.4 Å². The molecule has 1 aromatic carbocycles. The Morgan fingerprint density at radius 1 is 1.48 bits per heavy atom. The molecule has 1 heterocycles. The fourth-order valence-corrected chi connectivity index (χ4v) is 2.66. The lowest BCUT2D eigenvalue weighted by Gasteiger charge is -2.13. The third-order valence-corrected chi connectivity index (χ3v) is 4.02. The van der Waals surface area contributed by atoms with Crippen molar-refractivity contribution in [2.45, 2.75) is 31.8 Å². The summed E-state index contributed by atoms with van der Waals surface area (Å²) in [6.07, 6.45) is 3.61. The molecule has 0 spiro atoms. The van der Waals surface area contributed by atoms with E-state index in [1.165, 1.54) is 0 Å². The highest BCUT2D eigenvalue weighted by molar-refractivity contribution is 6.32. The average Bonchev–Trinajstić information content (AvgIpc) is 3.00. The van der Waals surface area contributed by atoms with E-state index in [2.05, 4.69) is 5.32 Å². The summed E-state index contributed by atoms with van der Waals surface area (Å²) in [7, 11) is 3.97. The zero-order valence-electron chi connectivity index (χ0n) is 13.8. The first kappa shape index (κ1) is 18.0. The van der Waals surface area contributed by atoms with Crippen LogP contribution in [0, 0.1) is 0 Å². The van der Waals surface area contributed by atoms with E-state index in [9.17, 15) is 4.79 Å². The quantitative estimate of drug-likeness (QED) is 0.789. The Hall–Kier alpha value is -1.30. The van der Waals surface area contributed by atoms with Gasteiger partial charge >= 0.3 is 0 Å². The van der Waals surface area contributed by atoms with Crippen molar-refractivity contribution < 1.29 is 14.3 Å². The van der Waals surface area contributed by atoms with E-state index < -0.39 is 0 Å². The lowest BCUT2D eigenvalue weighted by Crippen LogP contribution is -2.19. The van der Waals surface area contributed by atoms with Crippen molar-refractivity contribution in [2.75, 3.05) is 39.2 Å². The molecule has 1 saturated heterocycles. The number of nitrogens with one attached hydrogen (secondary N) is 1. The fraction of sp³-hybridized carbons (Fsp3) is 0.588. The number of carbonyl (C=O) groups excluding carboxylic acids is 1. The molecule has 2 rings (SSSR count). The standard InChI is InChI=1S/C17H25ClN2O3/c1-20(2)9-11-23-16-7-5-13(12-15(16)18)19-17(21)8-6-14-4-3-10-22-14/h5,7,12,14H,3-4,6,8-11H2,1-2H3,(H,19,21)/t14-/m1/s1. The maximum Gasteiger partial charge on any atom is 0.224 e. The van der Waals surface area contributed by atoms with Crippen molar-refractivity contribution in [3.63, 3.8) is 0 Å². The van der Waals surface area contributed by atoms with Gasteiger partial charge in [0.2, 0.25) is 5.91 Å². The Balaban J connectivity index is 1.78. The Labute approximate surface area is 142 Å². The van der Waals surface area contributed by atoms with Gasteiger partial charge in [-0.15, -0.1) is 0 Å². The molecule has 23 heavy (non-hydrogen) atoms. The van der Waals surface area contributed by atoms with Crippen LogP contribution >= 0.6 is 11.6 Å². The second kappa shape index (κ2) is 9.11. The number of halogens is 1. The summed E-state index contributed by atoms with van der Waals surface area (Å²) in [6, 6.07) is 5.31. The third kappa shape index (κ3) is 6.37. The van der Waals surface area contributed by atoms with Gasteiger partial charge in [0.05, 0.1) is 11.1 Å². The van der Waals surface area contributed by atoms with E-state index in [1.807, 2.05) is 19.0 Å². The van der Waals surface area contributed by atoms with E-state index in [1.54, 1.807) is 18.2 Å². The van der Waals surface area contributed by atoms with Crippen molar-refractivity contribution in [3.05, 3.63) is 23.2 Å². The Bertz CT molecular complexity index is 517. The van der Waals surface area contributed by atoms with Gasteiger partial charge in [0, 0.05) is 25.3 Å². The first-order valence-electron chi connectivity index (χ1n) is 8.03. The van der Waals surface area contributed by atoms with Gasteiger partial charge < -0.3 is 19.7 Å². The summed E-state index contributed by atoms with van der Waals surface area (Å²) >= 11 is 6.20. The Morgan fingerprint density at radius 2 is 2.30 bits per heavy atom. The van der Waals surface area contributed by atoms with Gasteiger partial charge in [-0.3, -0.25) is 4.79 Å². The lowest BCUT2D eigenvalue weighted by molar-refractivity contribution is -0.116. The molecule has 0 radical (unpaired) electrons. The van der Waals surface area contributed by atoms with Crippen LogP contribution in [0.5, 0.6) is 5.75 Å². The van der Waals surface area contributed by atoms with E-state index in [0.29, 0.717) is 29.5 Å². The van der Waals surface area contributed by atoms with Crippen LogP contribution in [0.3, 0.4) is 0 Å². The van der Waals surface area contributed by atoms with Crippen molar-refractivity contribution >= 4 is 23.2 Å². The van der Waals surface area contributed by atoms with E-state index in [4.69, 9.17) is 21.1 Å². The van der Waals surface area contributed by atoms with Crippen LogP contribution < -0.4 is 10.1 Å². The monoisotopic (exact) mass is 340 g/mol. The summed E-state index contributed by atoms with van der Waals surface area (Å²) in [5.41, 5.74) is 0.687. The van der Waals surface area contributed by atoms with E-state index >= 15 is 0 Å². The molecule has 128 valence electrons. The van der Waals surface area contributed by atoms with Gasteiger partial charge in [-0.1, -0.05) is 11.6 Å². The van der Waals surface area contributed by atoms with Gasteiger partial charge in [0.15, 0.2) is 0 Å². The second-order valence-corrected chi connectivity index (χ2v) is 6.43. The summed E-state index contributed by atoms with van der Waals surface area (Å²) < 4.78 is 11.1. The van der Waals surface area contributed by atoms with Crippen LogP contribution in [0.4, 0.5) is 5.69 Å². The highest BCUT2D eigenvalue weighted by Crippen LogP contribution is 2.28. The minimum absolute atomic E-state index is 0.0159. The summed E-state index contributed by atoms with van der Waals surface area (Å²) in [5, 5.41) is 3.37. The molecule has 0 aromatic heterocycles. The molecule has 1 fully saturated rings. The smallest absolute Gasteiger partial charge is 0.224 e. The lowest BCUT2D eigenvalue weighted by atomic mass is 10.1. The molecule has 6 heteroatoms. The van der Waals surface area contributed by atoms with Crippen LogP contribution in [-0.2, 0) is 9.53 Å². The van der Waals surface area contributed by atoms with E-state index in [-0.39, 0.29) is 12.0 Å². The molecule has 1 aliphatic heterocycles. The largest absolute Gasteiger partial charge is 0.491 e. The molecule has 1 amide bonds.